The van der Waals surface area contributed by atoms with E-state index in [0.29, 0.717) is 13.0 Å². The van der Waals surface area contributed by atoms with Gasteiger partial charge in [0.15, 0.2) is 0 Å². The van der Waals surface area contributed by atoms with Gasteiger partial charge in [0.2, 0.25) is 5.91 Å². The van der Waals surface area contributed by atoms with E-state index in [-0.39, 0.29) is 17.4 Å². The van der Waals surface area contributed by atoms with Gasteiger partial charge < -0.3 is 10.4 Å². The summed E-state index contributed by atoms with van der Waals surface area (Å²) in [5, 5.41) is 11.8. The zero-order valence-electron chi connectivity index (χ0n) is 11.3. The van der Waals surface area contributed by atoms with Gasteiger partial charge in [-0.3, -0.25) is 4.79 Å². The topological polar surface area (TPSA) is 66.4 Å². The molecular formula is C16H19NO3. The average Bonchev–Trinajstić information content (AvgIpc) is 2.48. The van der Waals surface area contributed by atoms with Crippen molar-refractivity contribution in [2.24, 2.45) is 5.92 Å². The van der Waals surface area contributed by atoms with Crippen LogP contribution in [0.1, 0.15) is 35.2 Å². The van der Waals surface area contributed by atoms with Gasteiger partial charge in [-0.25, -0.2) is 4.79 Å². The van der Waals surface area contributed by atoms with Crippen LogP contribution in [0, 0.1) is 5.92 Å². The highest BCUT2D eigenvalue weighted by Gasteiger charge is 2.17. The normalized spacial score (nSPS) is 17.7. The Labute approximate surface area is 118 Å². The molecule has 4 heteroatoms. The molecule has 1 aliphatic carbocycles. The van der Waals surface area contributed by atoms with Crippen LogP contribution in [-0.2, 0) is 11.2 Å². The van der Waals surface area contributed by atoms with Crippen molar-refractivity contribution in [2.75, 3.05) is 6.54 Å². The molecule has 0 bridgehead atoms. The highest BCUT2D eigenvalue weighted by atomic mass is 16.4. The first-order valence-corrected chi connectivity index (χ1v) is 6.92. The number of nitrogens with one attached hydrogen (secondary N) is 1. The van der Waals surface area contributed by atoms with Crippen molar-refractivity contribution in [1.82, 2.24) is 5.32 Å². The van der Waals surface area contributed by atoms with Gasteiger partial charge in [0.1, 0.15) is 0 Å². The van der Waals surface area contributed by atoms with Crippen LogP contribution in [0.4, 0.5) is 0 Å². The lowest BCUT2D eigenvalue weighted by atomic mass is 9.93. The molecule has 0 spiro atoms. The Bertz CT molecular complexity index is 505. The van der Waals surface area contributed by atoms with Crippen molar-refractivity contribution >= 4 is 11.9 Å². The van der Waals surface area contributed by atoms with Crippen molar-refractivity contribution in [3.8, 4) is 0 Å². The molecule has 0 saturated carbocycles. The zero-order chi connectivity index (χ0) is 14.4. The molecule has 0 heterocycles. The van der Waals surface area contributed by atoms with Crippen LogP contribution < -0.4 is 5.32 Å². The second-order valence-corrected chi connectivity index (χ2v) is 5.02. The Morgan fingerprint density at radius 1 is 1.20 bits per heavy atom. The molecule has 1 aromatic carbocycles. The van der Waals surface area contributed by atoms with Gasteiger partial charge in [-0.2, -0.15) is 0 Å². The fourth-order valence-corrected chi connectivity index (χ4v) is 2.32. The molecule has 1 aliphatic rings. The van der Waals surface area contributed by atoms with Gasteiger partial charge in [-0.15, -0.1) is 0 Å². The zero-order valence-corrected chi connectivity index (χ0v) is 11.3. The summed E-state index contributed by atoms with van der Waals surface area (Å²) in [6.07, 6.45) is 7.64. The molecule has 0 saturated heterocycles. The predicted octanol–water partition coefficient (Wildman–Crippen LogP) is 2.40. The molecule has 2 rings (SSSR count). The lowest BCUT2D eigenvalue weighted by Crippen LogP contribution is -2.32. The van der Waals surface area contributed by atoms with E-state index in [4.69, 9.17) is 5.11 Å². The maximum Gasteiger partial charge on any atom is 0.335 e. The molecule has 0 radical (unpaired) electrons. The third-order valence-electron chi connectivity index (χ3n) is 3.55. The first-order valence-electron chi connectivity index (χ1n) is 6.92. The minimum absolute atomic E-state index is 0.106. The summed E-state index contributed by atoms with van der Waals surface area (Å²) in [5.41, 5.74) is 1.31. The van der Waals surface area contributed by atoms with Gasteiger partial charge in [0, 0.05) is 12.5 Å². The number of hydrogen-bond acceptors (Lipinski definition) is 2. The van der Waals surface area contributed by atoms with E-state index in [1.165, 1.54) is 0 Å². The van der Waals surface area contributed by atoms with Gasteiger partial charge in [-0.05, 0) is 43.4 Å². The van der Waals surface area contributed by atoms with Gasteiger partial charge in [-0.1, -0.05) is 24.3 Å². The third kappa shape index (κ3) is 3.95. The number of amides is 1. The summed E-state index contributed by atoms with van der Waals surface area (Å²) in [5.74, 6) is -0.693. The van der Waals surface area contributed by atoms with E-state index in [1.54, 1.807) is 24.3 Å². The maximum atomic E-state index is 11.9. The van der Waals surface area contributed by atoms with Crippen LogP contribution in [0.2, 0.25) is 0 Å². The van der Waals surface area contributed by atoms with E-state index in [9.17, 15) is 9.59 Å². The molecule has 0 fully saturated rings. The number of carboxylic acid groups (broad SMARTS) is 1. The van der Waals surface area contributed by atoms with Crippen LogP contribution in [0.5, 0.6) is 0 Å². The van der Waals surface area contributed by atoms with Crippen LogP contribution >= 0.6 is 0 Å². The number of rotatable bonds is 5. The summed E-state index contributed by atoms with van der Waals surface area (Å²) in [4.78, 5) is 22.6. The Hall–Kier alpha value is -2.10. The van der Waals surface area contributed by atoms with Crippen molar-refractivity contribution < 1.29 is 14.7 Å². The molecule has 1 amide bonds. The number of benzene rings is 1. The largest absolute Gasteiger partial charge is 0.478 e. The fourth-order valence-electron chi connectivity index (χ4n) is 2.32. The SMILES string of the molecule is O=C(O)c1ccc(CCNC(=O)[C@@H]2CC=CCC2)cc1. The quantitative estimate of drug-likeness (QED) is 0.810. The number of allylic oxidation sites excluding steroid dienone is 2. The Balaban J connectivity index is 1.76. The number of aromatic carboxylic acids is 1. The predicted molar refractivity (Wildman–Crippen MR) is 76.6 cm³/mol. The van der Waals surface area contributed by atoms with E-state index < -0.39 is 5.97 Å². The van der Waals surface area contributed by atoms with Crippen molar-refractivity contribution in [3.05, 3.63) is 47.5 Å². The monoisotopic (exact) mass is 273 g/mol. The average molecular weight is 273 g/mol. The number of carboxylic acids is 1. The Kier molecular flexibility index (Phi) is 4.93. The summed E-state index contributed by atoms with van der Waals surface area (Å²) in [7, 11) is 0. The third-order valence-corrected chi connectivity index (χ3v) is 3.55. The van der Waals surface area contributed by atoms with Gasteiger partial charge in [0.25, 0.3) is 0 Å². The molecule has 4 nitrogen and oxygen atoms in total. The standard InChI is InChI=1S/C16H19NO3/c18-15(13-4-2-1-3-5-13)17-11-10-12-6-8-14(9-7-12)16(19)20/h1-2,6-9,13H,3-5,10-11H2,(H,17,18)(H,19,20)/t13-/m1/s1. The molecular weight excluding hydrogens is 254 g/mol. The number of carbonyl (C=O) groups excluding carboxylic acids is 1. The molecule has 0 unspecified atom stereocenters. The lowest BCUT2D eigenvalue weighted by Gasteiger charge is -2.17. The summed E-state index contributed by atoms with van der Waals surface area (Å²) < 4.78 is 0. The van der Waals surface area contributed by atoms with Crippen LogP contribution in [0.15, 0.2) is 36.4 Å². The summed E-state index contributed by atoms with van der Waals surface area (Å²) >= 11 is 0. The second-order valence-electron chi connectivity index (χ2n) is 5.02. The van der Waals surface area contributed by atoms with E-state index in [2.05, 4.69) is 17.5 Å². The van der Waals surface area contributed by atoms with Gasteiger partial charge >= 0.3 is 5.97 Å². The summed E-state index contributed by atoms with van der Waals surface area (Å²) in [6.45, 7) is 0.589. The highest BCUT2D eigenvalue weighted by molar-refractivity contribution is 5.87. The van der Waals surface area contributed by atoms with E-state index >= 15 is 0 Å². The second kappa shape index (κ2) is 6.89. The minimum Gasteiger partial charge on any atom is -0.478 e. The van der Waals surface area contributed by atoms with Crippen LogP contribution in [0.3, 0.4) is 0 Å². The lowest BCUT2D eigenvalue weighted by molar-refractivity contribution is -0.125. The first-order chi connectivity index (χ1) is 9.66. The molecule has 20 heavy (non-hydrogen) atoms. The molecule has 0 aliphatic heterocycles. The highest BCUT2D eigenvalue weighted by Crippen LogP contribution is 2.17. The molecule has 1 aromatic rings. The minimum atomic E-state index is -0.921. The number of carbonyl (C=O) groups is 2. The summed E-state index contributed by atoms with van der Waals surface area (Å²) in [6, 6.07) is 6.76. The molecule has 2 N–H and O–H groups in total. The van der Waals surface area contributed by atoms with E-state index in [1.807, 2.05) is 0 Å². The maximum absolute atomic E-state index is 11.9. The fraction of sp³-hybridized carbons (Fsp3) is 0.375. The van der Waals surface area contributed by atoms with Crippen LogP contribution in [-0.4, -0.2) is 23.5 Å². The Morgan fingerprint density at radius 3 is 2.55 bits per heavy atom. The Morgan fingerprint density at radius 2 is 1.95 bits per heavy atom. The molecule has 106 valence electrons. The van der Waals surface area contributed by atoms with Gasteiger partial charge in [0.05, 0.1) is 5.56 Å². The molecule has 0 aromatic heterocycles. The number of hydrogen-bond donors (Lipinski definition) is 2. The molecule has 1 atom stereocenters. The van der Waals surface area contributed by atoms with Crippen molar-refractivity contribution in [2.45, 2.75) is 25.7 Å². The van der Waals surface area contributed by atoms with Crippen molar-refractivity contribution in [1.29, 1.82) is 0 Å². The van der Waals surface area contributed by atoms with Crippen LogP contribution in [0.25, 0.3) is 0 Å². The van der Waals surface area contributed by atoms with Crippen molar-refractivity contribution in [3.63, 3.8) is 0 Å². The smallest absolute Gasteiger partial charge is 0.335 e. The first kappa shape index (κ1) is 14.3. The van der Waals surface area contributed by atoms with E-state index in [0.717, 1.165) is 24.8 Å².